The van der Waals surface area contributed by atoms with E-state index < -0.39 is 26.5 Å². The van der Waals surface area contributed by atoms with Crippen LogP contribution in [0.25, 0.3) is 0 Å². The number of ether oxygens (including phenoxy) is 2. The van der Waals surface area contributed by atoms with Crippen molar-refractivity contribution in [1.29, 1.82) is 0 Å². The number of rotatable bonds is 40. The minimum absolute atomic E-state index is 0.00174. The van der Waals surface area contributed by atoms with Gasteiger partial charge < -0.3 is 19.3 Å². The van der Waals surface area contributed by atoms with Gasteiger partial charge in [-0.15, -0.1) is 0 Å². The van der Waals surface area contributed by atoms with E-state index in [1.165, 1.54) is 64.2 Å². The highest BCUT2D eigenvalue weighted by Gasteiger charge is 2.26. The van der Waals surface area contributed by atoms with Crippen LogP contribution in [0.4, 0.5) is 0 Å². The Morgan fingerprint density at radius 3 is 1.56 bits per heavy atom. The number of esters is 2. The van der Waals surface area contributed by atoms with Crippen LogP contribution in [0.3, 0.4) is 0 Å². The van der Waals surface area contributed by atoms with Crippen molar-refractivity contribution in [3.8, 4) is 0 Å². The Kier molecular flexibility index (Phi) is 38.7. The number of hydrogen-bond donors (Lipinski definition) is 1. The molecule has 2 atom stereocenters. The third kappa shape index (κ3) is 41.4. The first-order valence-electron chi connectivity index (χ1n) is 21.9. The van der Waals surface area contributed by atoms with Gasteiger partial charge in [-0.05, 0) is 84.7 Å². The molecule has 0 saturated heterocycles. The van der Waals surface area contributed by atoms with Crippen LogP contribution in [-0.4, -0.2) is 68.3 Å². The van der Waals surface area contributed by atoms with Gasteiger partial charge >= 0.3 is 19.8 Å². The highest BCUT2D eigenvalue weighted by atomic mass is 31.2. The largest absolute Gasteiger partial charge is 0.472 e. The lowest BCUT2D eigenvalue weighted by atomic mass is 10.1. The molecule has 0 aliphatic carbocycles. The first-order valence-corrected chi connectivity index (χ1v) is 23.4. The van der Waals surface area contributed by atoms with E-state index in [9.17, 15) is 19.0 Å². The Balaban J connectivity index is 4.31. The van der Waals surface area contributed by atoms with Crippen LogP contribution in [-0.2, 0) is 32.7 Å². The number of phosphoric acid groups is 1. The molecule has 0 aromatic rings. The highest BCUT2D eigenvalue weighted by Crippen LogP contribution is 2.43. The molecule has 0 aromatic carbocycles. The Morgan fingerprint density at radius 1 is 0.582 bits per heavy atom. The van der Waals surface area contributed by atoms with E-state index >= 15 is 0 Å². The quantitative estimate of drug-likeness (QED) is 0.0280. The molecule has 0 fully saturated rings. The predicted molar refractivity (Wildman–Crippen MR) is 229 cm³/mol. The Hall–Kier alpha value is -2.03. The standard InChI is InChI=1S/C45H82NO8P/c1-5-7-9-11-13-15-17-19-21-22-24-25-27-29-31-33-35-37-44(47)51-41-43(42-53-55(49,50)52-40-39-46(3)4)54-45(48)38-36-34-32-30-28-26-23-20-18-16-14-12-10-8-6-2/h8,10,14,16,19-21,23,43H,5-7,9,11-13,15,17-18,22,24-42H2,1-4H3,(H,49,50)/b10-8-,16-14-,21-19-,23-20-. The minimum Gasteiger partial charge on any atom is -0.462 e. The molecule has 0 aliphatic rings. The van der Waals surface area contributed by atoms with Gasteiger partial charge in [0.2, 0.25) is 0 Å². The zero-order chi connectivity index (χ0) is 40.5. The van der Waals surface area contributed by atoms with Crippen molar-refractivity contribution in [2.24, 2.45) is 0 Å². The van der Waals surface area contributed by atoms with E-state index in [0.29, 0.717) is 13.0 Å². The van der Waals surface area contributed by atoms with Crippen molar-refractivity contribution in [2.75, 3.05) is 40.5 Å². The summed E-state index contributed by atoms with van der Waals surface area (Å²) in [5.41, 5.74) is 0. The molecular formula is C45H82NO8P. The summed E-state index contributed by atoms with van der Waals surface area (Å²) in [5.74, 6) is -0.828. The Morgan fingerprint density at radius 2 is 1.04 bits per heavy atom. The average Bonchev–Trinajstić information content (AvgIpc) is 3.15. The molecule has 0 radical (unpaired) electrons. The lowest BCUT2D eigenvalue weighted by Crippen LogP contribution is -2.29. The van der Waals surface area contributed by atoms with Crippen LogP contribution < -0.4 is 0 Å². The van der Waals surface area contributed by atoms with E-state index in [-0.39, 0.29) is 32.0 Å². The molecule has 0 bridgehead atoms. The van der Waals surface area contributed by atoms with Crippen molar-refractivity contribution in [3.63, 3.8) is 0 Å². The summed E-state index contributed by atoms with van der Waals surface area (Å²) in [7, 11) is -0.726. The average molecular weight is 796 g/mol. The van der Waals surface area contributed by atoms with E-state index in [2.05, 4.69) is 62.5 Å². The maximum absolute atomic E-state index is 12.6. The number of carbonyl (C=O) groups is 2. The fourth-order valence-corrected chi connectivity index (χ4v) is 6.50. The van der Waals surface area contributed by atoms with E-state index in [1.807, 2.05) is 19.0 Å². The number of unbranched alkanes of at least 4 members (excludes halogenated alkanes) is 18. The highest BCUT2D eigenvalue weighted by molar-refractivity contribution is 7.47. The van der Waals surface area contributed by atoms with Crippen LogP contribution in [0.2, 0.25) is 0 Å². The molecule has 10 heteroatoms. The van der Waals surface area contributed by atoms with Crippen LogP contribution in [0.1, 0.15) is 181 Å². The molecule has 0 aromatic heterocycles. The van der Waals surface area contributed by atoms with Crippen molar-refractivity contribution in [2.45, 2.75) is 187 Å². The van der Waals surface area contributed by atoms with E-state index in [1.54, 1.807) is 0 Å². The van der Waals surface area contributed by atoms with Gasteiger partial charge in [0.1, 0.15) is 6.61 Å². The molecule has 9 nitrogen and oxygen atoms in total. The molecule has 0 rings (SSSR count). The third-order valence-corrected chi connectivity index (χ3v) is 10.1. The molecule has 0 spiro atoms. The predicted octanol–water partition coefficient (Wildman–Crippen LogP) is 12.5. The monoisotopic (exact) mass is 796 g/mol. The molecule has 0 saturated carbocycles. The second-order valence-electron chi connectivity index (χ2n) is 14.8. The number of carbonyl (C=O) groups excluding carboxylic acids is 2. The van der Waals surface area contributed by atoms with Crippen LogP contribution in [0, 0.1) is 0 Å². The van der Waals surface area contributed by atoms with Gasteiger partial charge in [0, 0.05) is 19.4 Å². The smallest absolute Gasteiger partial charge is 0.462 e. The van der Waals surface area contributed by atoms with Crippen molar-refractivity contribution in [3.05, 3.63) is 48.6 Å². The lowest BCUT2D eigenvalue weighted by Gasteiger charge is -2.20. The molecule has 320 valence electrons. The fraction of sp³-hybridized carbons (Fsp3) is 0.778. The second-order valence-corrected chi connectivity index (χ2v) is 16.3. The van der Waals surface area contributed by atoms with Crippen molar-refractivity contribution in [1.82, 2.24) is 4.90 Å². The maximum atomic E-state index is 12.6. The number of hydrogen-bond acceptors (Lipinski definition) is 8. The van der Waals surface area contributed by atoms with Crippen LogP contribution >= 0.6 is 7.82 Å². The zero-order valence-corrected chi connectivity index (χ0v) is 36.5. The summed E-state index contributed by atoms with van der Waals surface area (Å²) in [6, 6.07) is 0. The summed E-state index contributed by atoms with van der Waals surface area (Å²) in [6.45, 7) is 4.18. The van der Waals surface area contributed by atoms with E-state index in [0.717, 1.165) is 83.5 Å². The van der Waals surface area contributed by atoms with Gasteiger partial charge in [0.05, 0.1) is 13.2 Å². The summed E-state index contributed by atoms with van der Waals surface area (Å²) < 4.78 is 33.4. The summed E-state index contributed by atoms with van der Waals surface area (Å²) in [6.07, 6.45) is 44.4. The van der Waals surface area contributed by atoms with Gasteiger partial charge in [-0.3, -0.25) is 18.6 Å². The maximum Gasteiger partial charge on any atom is 0.472 e. The topological polar surface area (TPSA) is 112 Å². The lowest BCUT2D eigenvalue weighted by molar-refractivity contribution is -0.161. The van der Waals surface area contributed by atoms with Crippen molar-refractivity contribution >= 4 is 19.8 Å². The van der Waals surface area contributed by atoms with Gasteiger partial charge in [-0.25, -0.2) is 4.57 Å². The first kappa shape index (κ1) is 53.0. The normalized spacial score (nSPS) is 13.9. The van der Waals surface area contributed by atoms with Crippen LogP contribution in [0.15, 0.2) is 48.6 Å². The zero-order valence-electron chi connectivity index (χ0n) is 35.6. The SMILES string of the molecule is CC/C=C\C/C=C\C/C=C\CCCCCCCC(=O)OC(COC(=O)CCCCCCCCC/C=C\CCCCCCCC)COP(=O)(O)OCCN(C)C. The Labute approximate surface area is 337 Å². The number of allylic oxidation sites excluding steroid dienone is 8. The summed E-state index contributed by atoms with van der Waals surface area (Å²) >= 11 is 0. The third-order valence-electron chi connectivity index (χ3n) is 9.12. The minimum atomic E-state index is -4.37. The van der Waals surface area contributed by atoms with Crippen molar-refractivity contribution < 1.29 is 37.6 Å². The van der Waals surface area contributed by atoms with Crippen LogP contribution in [0.5, 0.6) is 0 Å². The second kappa shape index (κ2) is 40.2. The number of nitrogens with zero attached hydrogens (tertiary/aromatic N) is 1. The fourth-order valence-electron chi connectivity index (χ4n) is 5.75. The first-order chi connectivity index (χ1) is 26.7. The summed E-state index contributed by atoms with van der Waals surface area (Å²) in [4.78, 5) is 37.0. The molecule has 0 aliphatic heterocycles. The van der Waals surface area contributed by atoms with Gasteiger partial charge in [-0.2, -0.15) is 0 Å². The number of phosphoric ester groups is 1. The van der Waals surface area contributed by atoms with E-state index in [4.69, 9.17) is 18.5 Å². The molecule has 0 amide bonds. The Bertz CT molecular complexity index is 1060. The molecule has 2 unspecified atom stereocenters. The number of likely N-dealkylation sites (N-methyl/N-ethyl adjacent to an activating group) is 1. The van der Waals surface area contributed by atoms with Gasteiger partial charge in [0.15, 0.2) is 6.10 Å². The molecule has 0 heterocycles. The molecule has 1 N–H and O–H groups in total. The van der Waals surface area contributed by atoms with Gasteiger partial charge in [0.25, 0.3) is 0 Å². The summed E-state index contributed by atoms with van der Waals surface area (Å²) in [5, 5.41) is 0. The van der Waals surface area contributed by atoms with Gasteiger partial charge in [-0.1, -0.05) is 146 Å². The molecular weight excluding hydrogens is 713 g/mol. The molecule has 55 heavy (non-hydrogen) atoms.